The molecule has 1 aliphatic heterocycles. The first-order valence-corrected chi connectivity index (χ1v) is 6.98. The number of hydrogen-bond acceptors (Lipinski definition) is 4. The van der Waals surface area contributed by atoms with Gasteiger partial charge in [-0.15, -0.1) is 0 Å². The van der Waals surface area contributed by atoms with E-state index in [0.29, 0.717) is 6.61 Å². The first-order valence-electron chi connectivity index (χ1n) is 6.19. The lowest BCUT2D eigenvalue weighted by molar-refractivity contribution is 0.331. The van der Waals surface area contributed by atoms with E-state index in [4.69, 9.17) is 4.74 Å². The van der Waals surface area contributed by atoms with E-state index in [1.165, 1.54) is 5.56 Å². The number of anilines is 1. The molecule has 1 aliphatic rings. The SMILES string of the molecule is Cc1nc(Br)cc(N2CCOc3ccccc3C2)n1. The molecule has 2 heterocycles. The molecule has 0 saturated carbocycles. The zero-order valence-corrected chi connectivity index (χ0v) is 12.2. The van der Waals surface area contributed by atoms with Gasteiger partial charge >= 0.3 is 0 Å². The van der Waals surface area contributed by atoms with Gasteiger partial charge in [0.15, 0.2) is 0 Å². The molecule has 98 valence electrons. The van der Waals surface area contributed by atoms with Gasteiger partial charge < -0.3 is 9.64 Å². The van der Waals surface area contributed by atoms with Gasteiger partial charge in [0.05, 0.1) is 6.54 Å². The summed E-state index contributed by atoms with van der Waals surface area (Å²) >= 11 is 3.42. The average molecular weight is 320 g/mol. The van der Waals surface area contributed by atoms with Gasteiger partial charge in [0.25, 0.3) is 0 Å². The molecule has 0 aliphatic carbocycles. The van der Waals surface area contributed by atoms with Crippen molar-refractivity contribution in [3.63, 3.8) is 0 Å². The minimum atomic E-state index is 0.664. The highest BCUT2D eigenvalue weighted by molar-refractivity contribution is 9.10. The van der Waals surface area contributed by atoms with Gasteiger partial charge in [-0.1, -0.05) is 18.2 Å². The summed E-state index contributed by atoms with van der Waals surface area (Å²) in [4.78, 5) is 11.0. The Hall–Kier alpha value is -1.62. The lowest BCUT2D eigenvalue weighted by Gasteiger charge is -2.21. The van der Waals surface area contributed by atoms with Gasteiger partial charge in [0.2, 0.25) is 0 Å². The molecular weight excluding hydrogens is 306 g/mol. The standard InChI is InChI=1S/C14H14BrN3O/c1-10-16-13(15)8-14(17-10)18-6-7-19-12-5-3-2-4-11(12)9-18/h2-5,8H,6-7,9H2,1H3. The zero-order chi connectivity index (χ0) is 13.2. The molecule has 0 saturated heterocycles. The minimum Gasteiger partial charge on any atom is -0.491 e. The summed E-state index contributed by atoms with van der Waals surface area (Å²) in [5.41, 5.74) is 1.19. The third-order valence-electron chi connectivity index (χ3n) is 3.07. The quantitative estimate of drug-likeness (QED) is 0.757. The molecule has 1 aromatic heterocycles. The van der Waals surface area contributed by atoms with Crippen LogP contribution in [-0.2, 0) is 6.54 Å². The van der Waals surface area contributed by atoms with Gasteiger partial charge in [-0.05, 0) is 28.9 Å². The summed E-state index contributed by atoms with van der Waals surface area (Å²) in [7, 11) is 0. The van der Waals surface area contributed by atoms with Gasteiger partial charge in [-0.2, -0.15) is 0 Å². The molecule has 0 bridgehead atoms. The van der Waals surface area contributed by atoms with E-state index in [2.05, 4.69) is 36.9 Å². The van der Waals surface area contributed by atoms with E-state index in [1.807, 2.05) is 31.2 Å². The molecule has 0 spiro atoms. The van der Waals surface area contributed by atoms with Gasteiger partial charge in [0.1, 0.15) is 28.6 Å². The summed E-state index contributed by atoms with van der Waals surface area (Å²) in [5.74, 6) is 2.66. The van der Waals surface area contributed by atoms with E-state index in [9.17, 15) is 0 Å². The second-order valence-corrected chi connectivity index (χ2v) is 5.29. The Kier molecular flexibility index (Phi) is 3.38. The Labute approximate surface area is 120 Å². The van der Waals surface area contributed by atoms with Crippen molar-refractivity contribution in [2.24, 2.45) is 0 Å². The summed E-state index contributed by atoms with van der Waals surface area (Å²) in [6, 6.07) is 10.1. The van der Waals surface area contributed by atoms with E-state index in [1.54, 1.807) is 0 Å². The van der Waals surface area contributed by atoms with Gasteiger partial charge in [0, 0.05) is 18.2 Å². The molecule has 0 amide bonds. The first kappa shape index (κ1) is 12.4. The maximum Gasteiger partial charge on any atom is 0.133 e. The minimum absolute atomic E-state index is 0.664. The van der Waals surface area contributed by atoms with Crippen LogP contribution >= 0.6 is 15.9 Å². The molecule has 0 unspecified atom stereocenters. The average Bonchev–Trinajstić information content (AvgIpc) is 2.59. The molecule has 5 heteroatoms. The number of fused-ring (bicyclic) bond motifs is 1. The Balaban J connectivity index is 1.94. The lowest BCUT2D eigenvalue weighted by Crippen LogP contribution is -2.26. The van der Waals surface area contributed by atoms with Crippen molar-refractivity contribution in [1.29, 1.82) is 0 Å². The zero-order valence-electron chi connectivity index (χ0n) is 10.6. The highest BCUT2D eigenvalue weighted by atomic mass is 79.9. The van der Waals surface area contributed by atoms with Crippen LogP contribution in [-0.4, -0.2) is 23.1 Å². The smallest absolute Gasteiger partial charge is 0.133 e. The summed E-state index contributed by atoms with van der Waals surface area (Å²) in [6.07, 6.45) is 0. The number of aromatic nitrogens is 2. The predicted molar refractivity (Wildman–Crippen MR) is 77.5 cm³/mol. The third kappa shape index (κ3) is 2.71. The summed E-state index contributed by atoms with van der Waals surface area (Å²) in [6.45, 7) is 4.19. The molecule has 0 fully saturated rings. The van der Waals surface area contributed by atoms with Crippen LogP contribution in [0.25, 0.3) is 0 Å². The van der Waals surface area contributed by atoms with Crippen molar-refractivity contribution in [3.05, 3.63) is 46.3 Å². The molecule has 0 N–H and O–H groups in total. The fourth-order valence-corrected chi connectivity index (χ4v) is 2.66. The maximum atomic E-state index is 5.76. The van der Waals surface area contributed by atoms with Gasteiger partial charge in [-0.25, -0.2) is 9.97 Å². The van der Waals surface area contributed by atoms with Gasteiger partial charge in [-0.3, -0.25) is 0 Å². The summed E-state index contributed by atoms with van der Waals surface area (Å²) < 4.78 is 6.58. The van der Waals surface area contributed by atoms with Crippen molar-refractivity contribution in [2.75, 3.05) is 18.1 Å². The fourth-order valence-electron chi connectivity index (χ4n) is 2.20. The van der Waals surface area contributed by atoms with Crippen LogP contribution in [0.2, 0.25) is 0 Å². The van der Waals surface area contributed by atoms with Crippen molar-refractivity contribution in [3.8, 4) is 5.75 Å². The molecule has 0 atom stereocenters. The number of nitrogens with zero attached hydrogens (tertiary/aromatic N) is 3. The van der Waals surface area contributed by atoms with Crippen LogP contribution in [0, 0.1) is 6.92 Å². The second-order valence-electron chi connectivity index (χ2n) is 4.47. The van der Waals surface area contributed by atoms with Crippen LogP contribution in [0.4, 0.5) is 5.82 Å². The topological polar surface area (TPSA) is 38.2 Å². The van der Waals surface area contributed by atoms with Crippen molar-refractivity contribution in [2.45, 2.75) is 13.5 Å². The molecular formula is C14H14BrN3O. The summed E-state index contributed by atoms with van der Waals surface area (Å²) in [5, 5.41) is 0. The number of halogens is 1. The van der Waals surface area contributed by atoms with E-state index in [-0.39, 0.29) is 0 Å². The number of hydrogen-bond donors (Lipinski definition) is 0. The highest BCUT2D eigenvalue weighted by Gasteiger charge is 2.16. The third-order valence-corrected chi connectivity index (χ3v) is 3.48. The molecule has 3 rings (SSSR count). The van der Waals surface area contributed by atoms with Crippen molar-refractivity contribution >= 4 is 21.7 Å². The number of para-hydroxylation sites is 1. The van der Waals surface area contributed by atoms with Crippen LogP contribution in [0.3, 0.4) is 0 Å². The van der Waals surface area contributed by atoms with E-state index < -0.39 is 0 Å². The first-order chi connectivity index (χ1) is 9.22. The van der Waals surface area contributed by atoms with Crippen molar-refractivity contribution in [1.82, 2.24) is 9.97 Å². The van der Waals surface area contributed by atoms with Crippen molar-refractivity contribution < 1.29 is 4.74 Å². The van der Waals surface area contributed by atoms with Crippen LogP contribution in [0.5, 0.6) is 5.75 Å². The molecule has 2 aromatic rings. The number of benzene rings is 1. The van der Waals surface area contributed by atoms with E-state index in [0.717, 1.165) is 35.1 Å². The highest BCUT2D eigenvalue weighted by Crippen LogP contribution is 2.26. The monoisotopic (exact) mass is 319 g/mol. The Bertz CT molecular complexity index is 583. The molecule has 0 radical (unpaired) electrons. The second kappa shape index (κ2) is 5.17. The number of rotatable bonds is 1. The number of ether oxygens (including phenoxy) is 1. The van der Waals surface area contributed by atoms with Crippen LogP contribution in [0.1, 0.15) is 11.4 Å². The maximum absolute atomic E-state index is 5.76. The Morgan fingerprint density at radius 3 is 2.95 bits per heavy atom. The predicted octanol–water partition coefficient (Wildman–Crippen LogP) is 2.95. The van der Waals surface area contributed by atoms with Crippen LogP contribution < -0.4 is 9.64 Å². The molecule has 1 aromatic carbocycles. The Morgan fingerprint density at radius 2 is 2.11 bits per heavy atom. The fraction of sp³-hybridized carbons (Fsp3) is 0.286. The molecule has 4 nitrogen and oxygen atoms in total. The largest absolute Gasteiger partial charge is 0.491 e. The van der Waals surface area contributed by atoms with Crippen LogP contribution in [0.15, 0.2) is 34.9 Å². The van der Waals surface area contributed by atoms with E-state index >= 15 is 0 Å². The Morgan fingerprint density at radius 1 is 1.26 bits per heavy atom. The number of aryl methyl sites for hydroxylation is 1. The lowest BCUT2D eigenvalue weighted by atomic mass is 10.2. The normalized spacial score (nSPS) is 14.5. The molecule has 19 heavy (non-hydrogen) atoms.